The molecule has 0 spiro atoms. The van der Waals surface area contributed by atoms with E-state index in [1.54, 1.807) is 0 Å². The van der Waals surface area contributed by atoms with Gasteiger partial charge in [0.2, 0.25) is 0 Å². The first-order valence-corrected chi connectivity index (χ1v) is 25.7. The average Bonchev–Trinajstić information content (AvgIpc) is 3.22. The summed E-state index contributed by atoms with van der Waals surface area (Å²) in [6.07, 6.45) is 27.5. The molecule has 0 amide bonds. The Hall–Kier alpha value is -2.65. The summed E-state index contributed by atoms with van der Waals surface area (Å²) in [6.45, 7) is 12.7. The van der Waals surface area contributed by atoms with Gasteiger partial charge in [-0.2, -0.15) is 0 Å². The van der Waals surface area contributed by atoms with Gasteiger partial charge in [0.05, 0.1) is 0 Å². The molecule has 0 aliphatic heterocycles. The summed E-state index contributed by atoms with van der Waals surface area (Å²) in [5.74, 6) is -9.35. The van der Waals surface area contributed by atoms with Crippen molar-refractivity contribution >= 4 is 29.8 Å². The highest BCUT2D eigenvalue weighted by Gasteiger charge is 2.69. The zero-order chi connectivity index (χ0) is 45.3. The van der Waals surface area contributed by atoms with Gasteiger partial charge in [0.1, 0.15) is 0 Å². The van der Waals surface area contributed by atoms with Crippen LogP contribution in [-0.4, -0.2) is 41.6 Å². The molecule has 0 N–H and O–H groups in total. The van der Waals surface area contributed by atoms with Gasteiger partial charge in [-0.1, -0.05) is 208 Å². The van der Waals surface area contributed by atoms with E-state index in [0.29, 0.717) is 44.9 Å². The number of hydrogen-bond acceptors (Lipinski definition) is 10. The van der Waals surface area contributed by atoms with Gasteiger partial charge >= 0.3 is 41.6 Å². The Balaban J connectivity index is 7.42. The standard InChI is InChI=1S/C51H94O10/c1-7-13-19-24-27-31-37-43-49(56)61-51(59-47(54)41-35-29-22-16-10-4,60-48(55)42-36-30-26-21-15-9-3)50(57-45(52)39-33-18-12-6,44-38-32-28-25-20-14-8-2)58-46(53)40-34-23-17-11-5/h7-44H2,1-6H3. The zero-order valence-electron chi connectivity index (χ0n) is 40.5. The van der Waals surface area contributed by atoms with E-state index in [0.717, 1.165) is 161 Å². The average molecular weight is 867 g/mol. The van der Waals surface area contributed by atoms with Gasteiger partial charge in [-0.15, -0.1) is 0 Å². The molecule has 0 rings (SSSR count). The third-order valence-corrected chi connectivity index (χ3v) is 11.3. The molecule has 358 valence electrons. The lowest BCUT2D eigenvalue weighted by molar-refractivity contribution is -0.443. The number of unbranched alkanes of at least 4 members (excludes halogenated alkanes) is 26. The maximum atomic E-state index is 14.1. The van der Waals surface area contributed by atoms with Crippen LogP contribution in [0.3, 0.4) is 0 Å². The van der Waals surface area contributed by atoms with Gasteiger partial charge in [0.15, 0.2) is 0 Å². The summed E-state index contributed by atoms with van der Waals surface area (Å²) in [5.41, 5.74) is 0. The van der Waals surface area contributed by atoms with E-state index in [-0.39, 0.29) is 38.5 Å². The molecule has 0 aliphatic carbocycles. The van der Waals surface area contributed by atoms with Gasteiger partial charge in [-0.3, -0.25) is 24.0 Å². The molecule has 0 aromatic heterocycles. The minimum absolute atomic E-state index is 0.00864. The Morgan fingerprint density at radius 2 is 0.459 bits per heavy atom. The summed E-state index contributed by atoms with van der Waals surface area (Å²) < 4.78 is 31.2. The third kappa shape index (κ3) is 30.1. The van der Waals surface area contributed by atoms with Crippen LogP contribution in [0, 0.1) is 0 Å². The lowest BCUT2D eigenvalue weighted by Gasteiger charge is -2.43. The van der Waals surface area contributed by atoms with Crippen molar-refractivity contribution in [3.63, 3.8) is 0 Å². The van der Waals surface area contributed by atoms with E-state index in [9.17, 15) is 24.0 Å². The van der Waals surface area contributed by atoms with Crippen molar-refractivity contribution < 1.29 is 47.7 Å². The molecule has 2 atom stereocenters. The second-order valence-electron chi connectivity index (χ2n) is 17.4. The van der Waals surface area contributed by atoms with Crippen LogP contribution in [0.2, 0.25) is 0 Å². The number of carbonyl (C=O) groups excluding carboxylic acids is 5. The molecule has 0 aromatic rings. The van der Waals surface area contributed by atoms with Gasteiger partial charge in [0.25, 0.3) is 0 Å². The lowest BCUT2D eigenvalue weighted by Crippen LogP contribution is -2.65. The topological polar surface area (TPSA) is 132 Å². The molecule has 2 unspecified atom stereocenters. The van der Waals surface area contributed by atoms with Gasteiger partial charge in [0, 0.05) is 38.5 Å². The number of esters is 5. The van der Waals surface area contributed by atoms with Crippen LogP contribution in [0.5, 0.6) is 0 Å². The zero-order valence-corrected chi connectivity index (χ0v) is 40.5. The van der Waals surface area contributed by atoms with E-state index in [2.05, 4.69) is 34.6 Å². The first-order chi connectivity index (χ1) is 29.6. The highest BCUT2D eigenvalue weighted by Crippen LogP contribution is 2.42. The van der Waals surface area contributed by atoms with Crippen molar-refractivity contribution in [3.8, 4) is 0 Å². The molecule has 61 heavy (non-hydrogen) atoms. The number of carbonyl (C=O) groups is 5. The van der Waals surface area contributed by atoms with Gasteiger partial charge < -0.3 is 23.7 Å². The van der Waals surface area contributed by atoms with Crippen molar-refractivity contribution in [2.45, 2.75) is 297 Å². The second-order valence-corrected chi connectivity index (χ2v) is 17.4. The van der Waals surface area contributed by atoms with Gasteiger partial charge in [-0.05, 0) is 38.5 Å². The Morgan fingerprint density at radius 3 is 0.754 bits per heavy atom. The molecule has 10 nitrogen and oxygen atoms in total. The molecule has 0 heterocycles. The molecular formula is C51H94O10. The highest BCUT2D eigenvalue weighted by molar-refractivity contribution is 5.76. The predicted octanol–water partition coefficient (Wildman–Crippen LogP) is 15.0. The van der Waals surface area contributed by atoms with Crippen LogP contribution in [0.1, 0.15) is 286 Å². The molecule has 0 saturated carbocycles. The molecule has 10 heteroatoms. The number of ether oxygens (including phenoxy) is 5. The molecule has 0 radical (unpaired) electrons. The van der Waals surface area contributed by atoms with E-state index >= 15 is 0 Å². The fraction of sp³-hybridized carbons (Fsp3) is 0.902. The number of hydrogen-bond donors (Lipinski definition) is 0. The van der Waals surface area contributed by atoms with Crippen molar-refractivity contribution in [3.05, 3.63) is 0 Å². The summed E-state index contributed by atoms with van der Waals surface area (Å²) in [6, 6.07) is 0. The minimum Gasteiger partial charge on any atom is -0.411 e. The van der Waals surface area contributed by atoms with E-state index in [1.165, 1.54) is 0 Å². The van der Waals surface area contributed by atoms with Gasteiger partial charge in [-0.25, -0.2) is 0 Å². The van der Waals surface area contributed by atoms with Crippen molar-refractivity contribution in [2.24, 2.45) is 0 Å². The van der Waals surface area contributed by atoms with E-state index < -0.39 is 41.6 Å². The van der Waals surface area contributed by atoms with Crippen LogP contribution in [-0.2, 0) is 47.7 Å². The quantitative estimate of drug-likeness (QED) is 0.0331. The fourth-order valence-corrected chi connectivity index (χ4v) is 7.45. The molecule has 0 aliphatic rings. The first-order valence-electron chi connectivity index (χ1n) is 25.7. The van der Waals surface area contributed by atoms with Crippen LogP contribution in [0.15, 0.2) is 0 Å². The van der Waals surface area contributed by atoms with Crippen LogP contribution in [0.4, 0.5) is 0 Å². The largest absolute Gasteiger partial charge is 0.506 e. The van der Waals surface area contributed by atoms with Crippen molar-refractivity contribution in [1.29, 1.82) is 0 Å². The molecular weight excluding hydrogens is 773 g/mol. The predicted molar refractivity (Wildman–Crippen MR) is 245 cm³/mol. The van der Waals surface area contributed by atoms with Crippen molar-refractivity contribution in [1.82, 2.24) is 0 Å². The lowest BCUT2D eigenvalue weighted by atomic mass is 10.0. The Labute approximate surface area is 373 Å². The molecule has 0 aromatic carbocycles. The van der Waals surface area contributed by atoms with E-state index in [4.69, 9.17) is 23.7 Å². The van der Waals surface area contributed by atoms with Crippen LogP contribution < -0.4 is 0 Å². The maximum absolute atomic E-state index is 14.1. The molecule has 0 bridgehead atoms. The summed E-state index contributed by atoms with van der Waals surface area (Å²) in [5, 5.41) is 0. The summed E-state index contributed by atoms with van der Waals surface area (Å²) >= 11 is 0. The third-order valence-electron chi connectivity index (χ3n) is 11.3. The van der Waals surface area contributed by atoms with Crippen LogP contribution >= 0.6 is 0 Å². The summed E-state index contributed by atoms with van der Waals surface area (Å²) in [4.78, 5) is 70.3. The highest BCUT2D eigenvalue weighted by atomic mass is 16.9. The van der Waals surface area contributed by atoms with E-state index in [1.807, 2.05) is 6.92 Å². The summed E-state index contributed by atoms with van der Waals surface area (Å²) in [7, 11) is 0. The molecule has 0 saturated heterocycles. The Bertz CT molecular complexity index is 1110. The first kappa shape index (κ1) is 58.4. The van der Waals surface area contributed by atoms with Crippen LogP contribution in [0.25, 0.3) is 0 Å². The number of rotatable bonds is 44. The Morgan fingerprint density at radius 1 is 0.262 bits per heavy atom. The second kappa shape index (κ2) is 40.1. The van der Waals surface area contributed by atoms with Crippen molar-refractivity contribution in [2.75, 3.05) is 0 Å². The monoisotopic (exact) mass is 867 g/mol. The smallest absolute Gasteiger partial charge is 0.411 e. The minimum atomic E-state index is -2.98. The fourth-order valence-electron chi connectivity index (χ4n) is 7.45. The molecule has 0 fully saturated rings. The Kier molecular flexibility index (Phi) is 38.4. The normalized spacial score (nSPS) is 13.2. The maximum Gasteiger partial charge on any atom is 0.506 e. The SMILES string of the molecule is CCCCCCCCCC(=O)OC(OC(=O)CCCCCCC)(OC(=O)CCCCCCCC)C(CCCCCCCCC)(OC(=O)CCCCC)OC(=O)CCCCCC.